The standard InChI is InChI=1S/C46H78O17/c1-21(2)9-8-14-46(7,63-42-39(57)36(54)34(52)29(61-42)20-59-40-37(55)32(50)27(49)19-58-40)24-13-16-45(6)31(24)26(48)17-25-22-10-11-30(43(3,4)23(22)12-15-44(25,45)5)62-41-38(56)35(53)33(51)28(18-47)60-41/h9,22-42,47-57H,8,10-20H2,1-7H3. The smallest absolute Gasteiger partial charge is 0.187 e. The average Bonchev–Trinajstić information content (AvgIpc) is 3.62. The highest BCUT2D eigenvalue weighted by Crippen LogP contribution is 2.73. The zero-order valence-electron chi connectivity index (χ0n) is 38.1. The first-order valence-corrected chi connectivity index (χ1v) is 23.4. The van der Waals surface area contributed by atoms with Crippen LogP contribution in [0.3, 0.4) is 0 Å². The summed E-state index contributed by atoms with van der Waals surface area (Å²) in [6.45, 7) is 13.9. The van der Waals surface area contributed by atoms with Crippen molar-refractivity contribution in [2.75, 3.05) is 19.8 Å². The number of aliphatic hydroxyl groups is 11. The van der Waals surface area contributed by atoms with Gasteiger partial charge in [0.05, 0.1) is 37.6 Å². The molecule has 3 heterocycles. The number of aliphatic hydroxyl groups excluding tert-OH is 11. The van der Waals surface area contributed by atoms with Crippen molar-refractivity contribution in [3.8, 4) is 0 Å². The van der Waals surface area contributed by atoms with E-state index in [1.54, 1.807) is 0 Å². The van der Waals surface area contributed by atoms with Crippen LogP contribution in [0.5, 0.6) is 0 Å². The van der Waals surface area contributed by atoms with Gasteiger partial charge in [0.25, 0.3) is 0 Å². The van der Waals surface area contributed by atoms with Crippen molar-refractivity contribution in [2.45, 2.75) is 210 Å². The molecule has 0 spiro atoms. The fourth-order valence-corrected chi connectivity index (χ4v) is 13.8. The third-order valence-corrected chi connectivity index (χ3v) is 17.8. The molecular formula is C46H78O17. The van der Waals surface area contributed by atoms with E-state index in [-0.39, 0.29) is 58.5 Å². The van der Waals surface area contributed by atoms with Crippen LogP contribution in [-0.4, -0.2) is 180 Å². The van der Waals surface area contributed by atoms with Crippen LogP contribution in [0.15, 0.2) is 11.6 Å². The summed E-state index contributed by atoms with van der Waals surface area (Å²) in [5, 5.41) is 118. The van der Waals surface area contributed by atoms with Crippen LogP contribution in [0.4, 0.5) is 0 Å². The van der Waals surface area contributed by atoms with Crippen molar-refractivity contribution in [3.63, 3.8) is 0 Å². The summed E-state index contributed by atoms with van der Waals surface area (Å²) in [4.78, 5) is 0. The Balaban J connectivity index is 1.09. The van der Waals surface area contributed by atoms with Crippen LogP contribution >= 0.6 is 0 Å². The molecule has 0 aromatic heterocycles. The highest BCUT2D eigenvalue weighted by Gasteiger charge is 2.69. The lowest BCUT2D eigenvalue weighted by molar-refractivity contribution is -0.345. The highest BCUT2D eigenvalue weighted by atomic mass is 16.7. The second kappa shape index (κ2) is 18.9. The van der Waals surface area contributed by atoms with Gasteiger partial charge in [-0.1, -0.05) is 39.3 Å². The van der Waals surface area contributed by atoms with Gasteiger partial charge in [-0.3, -0.25) is 0 Å². The van der Waals surface area contributed by atoms with Gasteiger partial charge in [-0.05, 0) is 124 Å². The molecule has 0 amide bonds. The van der Waals surface area contributed by atoms with Gasteiger partial charge in [-0.2, -0.15) is 0 Å². The summed E-state index contributed by atoms with van der Waals surface area (Å²) in [5.74, 6) is 0.369. The summed E-state index contributed by atoms with van der Waals surface area (Å²) in [5.41, 5.74) is -0.649. The maximum atomic E-state index is 12.5. The molecule has 24 unspecified atom stereocenters. The molecule has 63 heavy (non-hydrogen) atoms. The third-order valence-electron chi connectivity index (χ3n) is 17.8. The minimum absolute atomic E-state index is 0.145. The maximum Gasteiger partial charge on any atom is 0.187 e. The molecule has 0 bridgehead atoms. The topological polar surface area (TPSA) is 278 Å². The van der Waals surface area contributed by atoms with Crippen molar-refractivity contribution in [1.82, 2.24) is 0 Å². The Morgan fingerprint density at radius 2 is 1.30 bits per heavy atom. The van der Waals surface area contributed by atoms with E-state index < -0.39 is 111 Å². The van der Waals surface area contributed by atoms with E-state index in [1.807, 2.05) is 20.8 Å². The summed E-state index contributed by atoms with van der Waals surface area (Å²) < 4.78 is 36.4. The minimum Gasteiger partial charge on any atom is -0.394 e. The predicted octanol–water partition coefficient (Wildman–Crippen LogP) is 0.222. The molecule has 11 N–H and O–H groups in total. The fourth-order valence-electron chi connectivity index (χ4n) is 13.8. The number of hydrogen-bond acceptors (Lipinski definition) is 17. The van der Waals surface area contributed by atoms with E-state index in [1.165, 1.54) is 0 Å². The number of allylic oxidation sites excluding steroid dienone is 2. The SMILES string of the molecule is CC(C)=CCCC(C)(OC1OC(COC2OCC(O)C(O)C2O)C(O)C(O)C1O)C1CCC2(C)C1C(O)CC1C3CCC(OC4OC(CO)C(O)C(O)C4O)C(C)(C)C3CCC12C. The Morgan fingerprint density at radius 1 is 0.683 bits per heavy atom. The van der Waals surface area contributed by atoms with Crippen molar-refractivity contribution >= 4 is 0 Å². The van der Waals surface area contributed by atoms with Gasteiger partial charge in [0.2, 0.25) is 0 Å². The van der Waals surface area contributed by atoms with Crippen LogP contribution in [0.25, 0.3) is 0 Å². The van der Waals surface area contributed by atoms with Crippen LogP contribution in [-0.2, 0) is 28.4 Å². The molecule has 3 aliphatic heterocycles. The monoisotopic (exact) mass is 903 g/mol. The molecule has 3 saturated heterocycles. The molecule has 7 aliphatic rings. The first-order chi connectivity index (χ1) is 29.5. The van der Waals surface area contributed by atoms with Crippen LogP contribution in [0.1, 0.15) is 106 Å². The molecular weight excluding hydrogens is 824 g/mol. The van der Waals surface area contributed by atoms with Gasteiger partial charge in [-0.15, -0.1) is 0 Å². The van der Waals surface area contributed by atoms with E-state index in [2.05, 4.69) is 33.8 Å². The van der Waals surface area contributed by atoms with Gasteiger partial charge in [0.15, 0.2) is 18.9 Å². The van der Waals surface area contributed by atoms with E-state index in [0.717, 1.165) is 37.7 Å². The normalized spacial score (nSPS) is 51.9. The number of rotatable bonds is 12. The predicted molar refractivity (Wildman–Crippen MR) is 223 cm³/mol. The first kappa shape index (κ1) is 50.0. The van der Waals surface area contributed by atoms with E-state index >= 15 is 0 Å². The van der Waals surface area contributed by atoms with E-state index in [9.17, 15) is 56.2 Å². The van der Waals surface area contributed by atoms with E-state index in [0.29, 0.717) is 25.7 Å². The Kier molecular flexibility index (Phi) is 15.0. The Hall–Kier alpha value is -0.940. The second-order valence-corrected chi connectivity index (χ2v) is 21.8. The van der Waals surface area contributed by atoms with Gasteiger partial charge in [0.1, 0.15) is 67.1 Å². The highest BCUT2D eigenvalue weighted by molar-refractivity contribution is 5.18. The molecule has 4 aliphatic carbocycles. The van der Waals surface area contributed by atoms with Crippen LogP contribution in [0, 0.1) is 45.8 Å². The zero-order valence-corrected chi connectivity index (χ0v) is 38.1. The zero-order chi connectivity index (χ0) is 46.1. The van der Waals surface area contributed by atoms with Gasteiger partial charge in [-0.25, -0.2) is 0 Å². The molecule has 24 atom stereocenters. The van der Waals surface area contributed by atoms with Crippen LogP contribution < -0.4 is 0 Å². The second-order valence-electron chi connectivity index (χ2n) is 21.8. The largest absolute Gasteiger partial charge is 0.394 e. The van der Waals surface area contributed by atoms with Crippen LogP contribution in [0.2, 0.25) is 0 Å². The Morgan fingerprint density at radius 3 is 1.97 bits per heavy atom. The van der Waals surface area contributed by atoms with Crippen molar-refractivity contribution < 1.29 is 84.6 Å². The summed E-state index contributed by atoms with van der Waals surface area (Å²) in [6.07, 6.45) is -12.2. The lowest BCUT2D eigenvalue weighted by Gasteiger charge is -2.67. The first-order valence-electron chi connectivity index (χ1n) is 23.4. The Labute approximate surface area is 371 Å². The molecule has 0 aromatic carbocycles. The minimum atomic E-state index is -1.67. The number of hydrogen-bond donors (Lipinski definition) is 11. The van der Waals surface area contributed by atoms with Crippen molar-refractivity contribution in [2.24, 2.45) is 45.8 Å². The molecule has 7 rings (SSSR count). The summed E-state index contributed by atoms with van der Waals surface area (Å²) >= 11 is 0. The number of fused-ring (bicyclic) bond motifs is 5. The summed E-state index contributed by atoms with van der Waals surface area (Å²) in [6, 6.07) is 0. The lowest BCUT2D eigenvalue weighted by Crippen LogP contribution is -2.65. The third kappa shape index (κ3) is 8.86. The van der Waals surface area contributed by atoms with Gasteiger partial charge in [0, 0.05) is 0 Å². The average molecular weight is 903 g/mol. The molecule has 4 saturated carbocycles. The molecule has 0 aromatic rings. The number of ether oxygens (including phenoxy) is 6. The molecule has 17 nitrogen and oxygen atoms in total. The quantitative estimate of drug-likeness (QED) is 0.0924. The molecule has 364 valence electrons. The fraction of sp³-hybridized carbons (Fsp3) is 0.957. The molecule has 7 fully saturated rings. The molecule has 17 heteroatoms. The van der Waals surface area contributed by atoms with Gasteiger partial charge >= 0.3 is 0 Å². The van der Waals surface area contributed by atoms with Crippen molar-refractivity contribution in [3.05, 3.63) is 11.6 Å². The Bertz CT molecular complexity index is 1580. The van der Waals surface area contributed by atoms with Crippen molar-refractivity contribution in [1.29, 1.82) is 0 Å². The molecule has 0 radical (unpaired) electrons. The maximum absolute atomic E-state index is 12.5. The lowest BCUT2D eigenvalue weighted by atomic mass is 9.39. The van der Waals surface area contributed by atoms with Gasteiger partial charge < -0.3 is 84.6 Å². The summed E-state index contributed by atoms with van der Waals surface area (Å²) in [7, 11) is 0. The van der Waals surface area contributed by atoms with E-state index in [4.69, 9.17) is 28.4 Å².